The van der Waals surface area contributed by atoms with Gasteiger partial charge in [-0.2, -0.15) is 0 Å². The Hall–Kier alpha value is -0.890. The molecule has 7 heteroatoms. The molecule has 122 valence electrons. The van der Waals surface area contributed by atoms with E-state index in [2.05, 4.69) is 10.0 Å². The first-order valence-electron chi connectivity index (χ1n) is 7.02. The predicted octanol–water partition coefficient (Wildman–Crippen LogP) is 1.46. The zero-order valence-electron chi connectivity index (χ0n) is 13.3. The van der Waals surface area contributed by atoms with Gasteiger partial charge in [0.25, 0.3) is 10.0 Å². The molecule has 0 aliphatic rings. The number of aliphatic hydroxyl groups is 1. The highest BCUT2D eigenvalue weighted by Crippen LogP contribution is 2.16. The van der Waals surface area contributed by atoms with Crippen LogP contribution in [0.4, 0.5) is 0 Å². The van der Waals surface area contributed by atoms with Gasteiger partial charge >= 0.3 is 0 Å². The third kappa shape index (κ3) is 5.78. The molecule has 0 saturated heterocycles. The third-order valence-corrected chi connectivity index (χ3v) is 4.61. The van der Waals surface area contributed by atoms with Crippen LogP contribution in [-0.4, -0.2) is 31.7 Å². The maximum absolute atomic E-state index is 12.2. The summed E-state index contributed by atoms with van der Waals surface area (Å²) in [7, 11) is -3.70. The van der Waals surface area contributed by atoms with E-state index in [1.165, 1.54) is 6.07 Å². The highest BCUT2D eigenvalue weighted by molar-refractivity contribution is 7.89. The molecule has 0 aliphatic heterocycles. The first-order chi connectivity index (χ1) is 9.55. The minimum Gasteiger partial charge on any atom is -0.447 e. The minimum absolute atomic E-state index is 0.0743. The summed E-state index contributed by atoms with van der Waals surface area (Å²) in [5.74, 6) is 0.393. The smallest absolute Gasteiger partial charge is 0.274 e. The normalized spacial score (nSPS) is 15.9. The number of sulfonamides is 1. The summed E-state index contributed by atoms with van der Waals surface area (Å²) in [6.07, 6.45) is 0. The van der Waals surface area contributed by atoms with Crippen molar-refractivity contribution in [2.75, 3.05) is 6.61 Å². The molecule has 2 unspecified atom stereocenters. The maximum atomic E-state index is 12.2. The summed E-state index contributed by atoms with van der Waals surface area (Å²) < 4.78 is 32.2. The van der Waals surface area contributed by atoms with Gasteiger partial charge in [-0.05, 0) is 45.7 Å². The van der Waals surface area contributed by atoms with Crippen LogP contribution in [0.15, 0.2) is 21.6 Å². The molecule has 3 N–H and O–H groups in total. The van der Waals surface area contributed by atoms with E-state index in [1.54, 1.807) is 19.9 Å². The molecule has 0 fully saturated rings. The average Bonchev–Trinajstić information content (AvgIpc) is 2.83. The fourth-order valence-corrected chi connectivity index (χ4v) is 2.83. The number of rotatable bonds is 7. The van der Waals surface area contributed by atoms with Crippen molar-refractivity contribution >= 4 is 10.0 Å². The number of hydrogen-bond acceptors (Lipinski definition) is 5. The Morgan fingerprint density at radius 1 is 1.29 bits per heavy atom. The summed E-state index contributed by atoms with van der Waals surface area (Å²) in [5.41, 5.74) is -0.0743. The van der Waals surface area contributed by atoms with E-state index in [4.69, 9.17) is 9.52 Å². The molecular weight excluding hydrogens is 292 g/mol. The maximum Gasteiger partial charge on any atom is 0.274 e. The Kier molecular flexibility index (Phi) is 5.98. The van der Waals surface area contributed by atoms with Gasteiger partial charge < -0.3 is 14.8 Å². The Morgan fingerprint density at radius 3 is 2.43 bits per heavy atom. The highest BCUT2D eigenvalue weighted by atomic mass is 32.2. The van der Waals surface area contributed by atoms with E-state index in [1.807, 2.05) is 20.8 Å². The number of nitrogens with one attached hydrogen (secondary N) is 2. The van der Waals surface area contributed by atoms with Gasteiger partial charge in [0, 0.05) is 18.2 Å². The second-order valence-corrected chi connectivity index (χ2v) is 8.04. The van der Waals surface area contributed by atoms with Gasteiger partial charge in [-0.3, -0.25) is 0 Å². The molecule has 21 heavy (non-hydrogen) atoms. The van der Waals surface area contributed by atoms with Crippen LogP contribution < -0.4 is 10.0 Å². The quantitative estimate of drug-likeness (QED) is 0.708. The third-order valence-electron chi connectivity index (χ3n) is 3.18. The first kappa shape index (κ1) is 18.2. The highest BCUT2D eigenvalue weighted by Gasteiger charge is 2.24. The Bertz CT molecular complexity index is 546. The molecule has 1 aromatic rings. The van der Waals surface area contributed by atoms with E-state index in [0.717, 1.165) is 0 Å². The van der Waals surface area contributed by atoms with E-state index >= 15 is 0 Å². The fraction of sp³-hybridized carbons (Fsp3) is 0.714. The van der Waals surface area contributed by atoms with Crippen molar-refractivity contribution < 1.29 is 17.9 Å². The Morgan fingerprint density at radius 2 is 1.90 bits per heavy atom. The molecule has 0 bridgehead atoms. The molecular formula is C14H26N2O4S. The molecule has 0 amide bonds. The lowest BCUT2D eigenvalue weighted by Gasteiger charge is -2.19. The summed E-state index contributed by atoms with van der Waals surface area (Å²) in [6.45, 7) is 9.93. The van der Waals surface area contributed by atoms with Crippen molar-refractivity contribution in [3.05, 3.63) is 17.9 Å². The topological polar surface area (TPSA) is 91.6 Å². The van der Waals surface area contributed by atoms with Gasteiger partial charge in [0.2, 0.25) is 5.09 Å². The summed E-state index contributed by atoms with van der Waals surface area (Å²) in [4.78, 5) is 0. The van der Waals surface area contributed by atoms with Crippen LogP contribution in [0, 0.1) is 5.92 Å². The molecule has 0 spiro atoms. The van der Waals surface area contributed by atoms with Crippen molar-refractivity contribution in [2.45, 2.75) is 57.8 Å². The van der Waals surface area contributed by atoms with Gasteiger partial charge in [0.05, 0.1) is 6.54 Å². The van der Waals surface area contributed by atoms with Crippen LogP contribution in [0.25, 0.3) is 0 Å². The zero-order chi connectivity index (χ0) is 16.3. The van der Waals surface area contributed by atoms with Crippen molar-refractivity contribution in [2.24, 2.45) is 5.92 Å². The minimum atomic E-state index is -3.70. The first-order valence-corrected chi connectivity index (χ1v) is 8.50. The number of aliphatic hydroxyl groups excluding tert-OH is 1. The molecule has 0 aromatic carbocycles. The molecule has 1 rings (SSSR count). The van der Waals surface area contributed by atoms with Crippen molar-refractivity contribution in [1.29, 1.82) is 0 Å². The summed E-state index contributed by atoms with van der Waals surface area (Å²) in [5, 5.41) is 12.2. The fourth-order valence-electron chi connectivity index (χ4n) is 1.53. The van der Waals surface area contributed by atoms with Crippen molar-refractivity contribution in [3.8, 4) is 0 Å². The largest absolute Gasteiger partial charge is 0.447 e. The molecule has 0 radical (unpaired) electrons. The van der Waals surface area contributed by atoms with Gasteiger partial charge in [-0.25, -0.2) is 13.1 Å². The summed E-state index contributed by atoms with van der Waals surface area (Å²) in [6, 6.07) is 2.72. The average molecular weight is 318 g/mol. The molecule has 1 heterocycles. The van der Waals surface area contributed by atoms with Crippen molar-refractivity contribution in [1.82, 2.24) is 10.0 Å². The van der Waals surface area contributed by atoms with E-state index in [9.17, 15) is 8.42 Å². The van der Waals surface area contributed by atoms with Crippen LogP contribution in [0.3, 0.4) is 0 Å². The van der Waals surface area contributed by atoms with Crippen LogP contribution in [0.1, 0.15) is 40.4 Å². The summed E-state index contributed by atoms with van der Waals surface area (Å²) >= 11 is 0. The van der Waals surface area contributed by atoms with Gasteiger partial charge in [0.15, 0.2) is 0 Å². The van der Waals surface area contributed by atoms with Crippen LogP contribution in [0.2, 0.25) is 0 Å². The van der Waals surface area contributed by atoms with Crippen LogP contribution in [-0.2, 0) is 16.6 Å². The Balaban J connectivity index is 2.74. The second kappa shape index (κ2) is 6.91. The van der Waals surface area contributed by atoms with Crippen molar-refractivity contribution in [3.63, 3.8) is 0 Å². The lowest BCUT2D eigenvalue weighted by Crippen LogP contribution is -2.38. The van der Waals surface area contributed by atoms with Gasteiger partial charge in [-0.1, -0.05) is 6.92 Å². The zero-order valence-corrected chi connectivity index (χ0v) is 14.1. The molecule has 0 saturated carbocycles. The van der Waals surface area contributed by atoms with Crippen LogP contribution in [0.5, 0.6) is 0 Å². The number of furan rings is 1. The molecule has 2 atom stereocenters. The van der Waals surface area contributed by atoms with Crippen LogP contribution >= 0.6 is 0 Å². The lowest BCUT2D eigenvalue weighted by molar-refractivity contribution is 0.216. The van der Waals surface area contributed by atoms with Gasteiger partial charge in [-0.15, -0.1) is 0 Å². The van der Waals surface area contributed by atoms with E-state index < -0.39 is 10.0 Å². The monoisotopic (exact) mass is 318 g/mol. The molecule has 0 aliphatic carbocycles. The van der Waals surface area contributed by atoms with E-state index in [-0.39, 0.29) is 29.2 Å². The molecule has 1 aromatic heterocycles. The SMILES string of the molecule is CC(CO)C(C)NS(=O)(=O)c1ccc(CNC(C)(C)C)o1. The predicted molar refractivity (Wildman–Crippen MR) is 81.3 cm³/mol. The van der Waals surface area contributed by atoms with E-state index in [0.29, 0.717) is 12.3 Å². The Labute approximate surface area is 127 Å². The van der Waals surface area contributed by atoms with Gasteiger partial charge in [0.1, 0.15) is 5.76 Å². The standard InChI is InChI=1S/C14H26N2O4S/c1-10(9-17)11(2)16-21(18,19)13-7-6-12(20-13)8-15-14(3,4)5/h6-7,10-11,15-17H,8-9H2,1-5H3. The lowest BCUT2D eigenvalue weighted by atomic mass is 10.1. The molecule has 6 nitrogen and oxygen atoms in total. The number of hydrogen-bond donors (Lipinski definition) is 3. The second-order valence-electron chi connectivity index (χ2n) is 6.39.